The Hall–Kier alpha value is -2.59. The number of nitrogens with zero attached hydrogens (tertiary/aromatic N) is 1. The molecule has 3 rings (SSSR count). The molecule has 2 aromatic carbocycles. The minimum atomic E-state index is -4.69. The van der Waals surface area contributed by atoms with Gasteiger partial charge in [-0.3, -0.25) is 9.59 Å². The number of sulfone groups is 1. The van der Waals surface area contributed by atoms with Crippen LogP contribution in [-0.2, 0) is 32.0 Å². The Balaban J connectivity index is 1.69. The lowest BCUT2D eigenvalue weighted by Gasteiger charge is -2.22. The quantitative estimate of drug-likeness (QED) is 0.612. The van der Waals surface area contributed by atoms with Crippen LogP contribution in [-0.4, -0.2) is 32.0 Å². The number of benzene rings is 2. The second-order valence-corrected chi connectivity index (χ2v) is 10.3. The normalized spacial score (nSPS) is 15.9. The van der Waals surface area contributed by atoms with Gasteiger partial charge in [0.1, 0.15) is 0 Å². The molecule has 0 radical (unpaired) electrons. The molecule has 0 unspecified atom stereocenters. The van der Waals surface area contributed by atoms with Crippen LogP contribution in [0.25, 0.3) is 0 Å². The van der Waals surface area contributed by atoms with E-state index < -0.39 is 44.7 Å². The zero-order chi connectivity index (χ0) is 24.6. The average molecular weight is 503 g/mol. The van der Waals surface area contributed by atoms with E-state index in [0.717, 1.165) is 11.6 Å². The second-order valence-electron chi connectivity index (χ2n) is 7.77. The number of amides is 2. The molecule has 2 amide bonds. The third-order valence-corrected chi connectivity index (χ3v) is 7.39. The first-order chi connectivity index (χ1) is 15.3. The molecule has 6 nitrogen and oxygen atoms in total. The summed E-state index contributed by atoms with van der Waals surface area (Å²) in [4.78, 5) is 26.0. The summed E-state index contributed by atoms with van der Waals surface area (Å²) in [5.41, 5.74) is 0.170. The summed E-state index contributed by atoms with van der Waals surface area (Å²) in [7, 11) is -3.83. The van der Waals surface area contributed by atoms with Gasteiger partial charge in [0.2, 0.25) is 11.8 Å². The van der Waals surface area contributed by atoms with Gasteiger partial charge in [0.15, 0.2) is 9.84 Å². The summed E-state index contributed by atoms with van der Waals surface area (Å²) in [6, 6.07) is 7.32. The van der Waals surface area contributed by atoms with Crippen LogP contribution in [0.15, 0.2) is 41.3 Å². The highest BCUT2D eigenvalue weighted by Crippen LogP contribution is 2.36. The van der Waals surface area contributed by atoms with E-state index in [1.165, 1.54) is 18.2 Å². The highest BCUT2D eigenvalue weighted by atomic mass is 35.5. The van der Waals surface area contributed by atoms with Gasteiger partial charge in [-0.05, 0) is 55.3 Å². The molecule has 1 aliphatic rings. The van der Waals surface area contributed by atoms with Gasteiger partial charge in [-0.1, -0.05) is 18.5 Å². The van der Waals surface area contributed by atoms with Crippen molar-refractivity contribution in [2.75, 3.05) is 16.0 Å². The highest BCUT2D eigenvalue weighted by Gasteiger charge is 2.34. The van der Waals surface area contributed by atoms with Crippen molar-refractivity contribution in [3.8, 4) is 0 Å². The summed E-state index contributed by atoms with van der Waals surface area (Å²) in [6.07, 6.45) is -4.29. The Kier molecular flexibility index (Phi) is 7.09. The topological polar surface area (TPSA) is 83.6 Å². The number of rotatable bonds is 6. The Morgan fingerprint density at radius 2 is 1.88 bits per heavy atom. The Morgan fingerprint density at radius 3 is 2.52 bits per heavy atom. The van der Waals surface area contributed by atoms with Crippen molar-refractivity contribution in [2.24, 2.45) is 0 Å². The number of alkyl halides is 3. The standard InChI is InChI=1S/C22H22ClF3N2O4S/c1-3-21(30)28-13(2)10-14-11-16(5-7-19(14)28)33(31,32)9-8-20(29)27-15-4-6-18(23)17(12-15)22(24,25)26/h4-7,11-13H,3,8-10H2,1-2H3,(H,27,29)/t13-/m1/s1. The van der Waals surface area contributed by atoms with E-state index in [1.54, 1.807) is 17.9 Å². The van der Waals surface area contributed by atoms with Gasteiger partial charge in [-0.25, -0.2) is 8.42 Å². The first kappa shape index (κ1) is 25.0. The van der Waals surface area contributed by atoms with Crippen LogP contribution < -0.4 is 10.2 Å². The molecule has 0 fully saturated rings. The van der Waals surface area contributed by atoms with Crippen molar-refractivity contribution >= 4 is 44.6 Å². The Bertz CT molecular complexity index is 1200. The number of hydrogen-bond acceptors (Lipinski definition) is 4. The van der Waals surface area contributed by atoms with E-state index in [1.807, 2.05) is 6.92 Å². The third-order valence-electron chi connectivity index (χ3n) is 5.35. The zero-order valence-corrected chi connectivity index (χ0v) is 19.4. The first-order valence-corrected chi connectivity index (χ1v) is 12.2. The smallest absolute Gasteiger partial charge is 0.326 e. The van der Waals surface area contributed by atoms with E-state index in [2.05, 4.69) is 5.32 Å². The number of hydrogen-bond donors (Lipinski definition) is 1. The summed E-state index contributed by atoms with van der Waals surface area (Å²) in [5, 5.41) is 1.77. The molecular formula is C22H22ClF3N2O4S. The van der Waals surface area contributed by atoms with E-state index in [4.69, 9.17) is 11.6 Å². The van der Waals surface area contributed by atoms with Gasteiger partial charge in [0.05, 0.1) is 21.2 Å². The minimum absolute atomic E-state index is 0.0258. The lowest BCUT2D eigenvalue weighted by Crippen LogP contribution is -2.35. The summed E-state index contributed by atoms with van der Waals surface area (Å²) in [6.45, 7) is 3.64. The van der Waals surface area contributed by atoms with Crippen molar-refractivity contribution < 1.29 is 31.2 Å². The molecule has 178 valence electrons. The highest BCUT2D eigenvalue weighted by molar-refractivity contribution is 7.91. The van der Waals surface area contributed by atoms with E-state index in [-0.39, 0.29) is 22.5 Å². The Morgan fingerprint density at radius 1 is 1.18 bits per heavy atom. The molecule has 1 aliphatic heterocycles. The summed E-state index contributed by atoms with van der Waals surface area (Å²) >= 11 is 5.56. The molecule has 33 heavy (non-hydrogen) atoms. The fraction of sp³-hybridized carbons (Fsp3) is 0.364. The minimum Gasteiger partial charge on any atom is -0.326 e. The van der Waals surface area contributed by atoms with E-state index in [0.29, 0.717) is 24.6 Å². The summed E-state index contributed by atoms with van der Waals surface area (Å²) in [5.74, 6) is -1.32. The van der Waals surface area contributed by atoms with Crippen LogP contribution in [0, 0.1) is 0 Å². The third kappa shape index (κ3) is 5.50. The monoisotopic (exact) mass is 502 g/mol. The van der Waals surface area contributed by atoms with Crippen LogP contribution in [0.1, 0.15) is 37.8 Å². The number of carbonyl (C=O) groups is 2. The van der Waals surface area contributed by atoms with Crippen molar-refractivity contribution in [3.05, 3.63) is 52.5 Å². The lowest BCUT2D eigenvalue weighted by atomic mass is 10.1. The number of fused-ring (bicyclic) bond motifs is 1. The van der Waals surface area contributed by atoms with Crippen molar-refractivity contribution in [1.82, 2.24) is 0 Å². The van der Waals surface area contributed by atoms with Gasteiger partial charge in [0, 0.05) is 30.3 Å². The van der Waals surface area contributed by atoms with E-state index >= 15 is 0 Å². The van der Waals surface area contributed by atoms with Gasteiger partial charge in [-0.15, -0.1) is 0 Å². The number of anilines is 2. The second kappa shape index (κ2) is 9.34. The molecule has 11 heteroatoms. The molecule has 0 spiro atoms. The van der Waals surface area contributed by atoms with E-state index in [9.17, 15) is 31.2 Å². The molecule has 0 aliphatic carbocycles. The van der Waals surface area contributed by atoms with Crippen LogP contribution >= 0.6 is 11.6 Å². The van der Waals surface area contributed by atoms with Gasteiger partial charge in [-0.2, -0.15) is 13.2 Å². The molecular weight excluding hydrogens is 481 g/mol. The maximum Gasteiger partial charge on any atom is 0.417 e. The van der Waals surface area contributed by atoms with Crippen molar-refractivity contribution in [1.29, 1.82) is 0 Å². The van der Waals surface area contributed by atoms with Gasteiger partial charge in [0.25, 0.3) is 0 Å². The zero-order valence-electron chi connectivity index (χ0n) is 17.9. The maximum atomic E-state index is 13.0. The number of carbonyl (C=O) groups excluding carboxylic acids is 2. The molecule has 0 saturated heterocycles. The summed E-state index contributed by atoms with van der Waals surface area (Å²) < 4.78 is 64.4. The predicted octanol–water partition coefficient (Wildman–Crippen LogP) is 4.85. The largest absolute Gasteiger partial charge is 0.417 e. The first-order valence-electron chi connectivity index (χ1n) is 10.2. The average Bonchev–Trinajstić information content (AvgIpc) is 3.07. The lowest BCUT2D eigenvalue weighted by molar-refractivity contribution is -0.137. The van der Waals surface area contributed by atoms with Crippen molar-refractivity contribution in [3.63, 3.8) is 0 Å². The van der Waals surface area contributed by atoms with Gasteiger partial charge >= 0.3 is 6.18 Å². The molecule has 0 saturated carbocycles. The molecule has 1 heterocycles. The fourth-order valence-corrected chi connectivity index (χ4v) is 5.25. The van der Waals surface area contributed by atoms with Crippen LogP contribution in [0.2, 0.25) is 5.02 Å². The fourth-order valence-electron chi connectivity index (χ4n) is 3.74. The number of halogens is 4. The van der Waals surface area contributed by atoms with Gasteiger partial charge < -0.3 is 10.2 Å². The van der Waals surface area contributed by atoms with Crippen LogP contribution in [0.5, 0.6) is 0 Å². The molecule has 0 aromatic heterocycles. The predicted molar refractivity (Wildman–Crippen MR) is 119 cm³/mol. The molecule has 2 aromatic rings. The van der Waals surface area contributed by atoms with Crippen LogP contribution in [0.3, 0.4) is 0 Å². The molecule has 1 N–H and O–H groups in total. The van der Waals surface area contributed by atoms with Crippen molar-refractivity contribution in [2.45, 2.75) is 50.2 Å². The molecule has 1 atom stereocenters. The number of nitrogens with one attached hydrogen (secondary N) is 1. The molecule has 0 bridgehead atoms. The SMILES string of the molecule is CCC(=O)N1c2ccc(S(=O)(=O)CCC(=O)Nc3ccc(Cl)c(C(F)(F)F)c3)cc2C[C@H]1C. The van der Waals surface area contributed by atoms with Crippen LogP contribution in [0.4, 0.5) is 24.5 Å². The maximum absolute atomic E-state index is 13.0. The Labute approximate surface area is 194 Å².